The number of hydrogen-bond donors (Lipinski definition) is 1. The maximum atomic E-state index is 12.5. The van der Waals surface area contributed by atoms with E-state index < -0.39 is 10.0 Å². The number of carbonyl (C=O) groups excluding carboxylic acids is 1. The molecule has 3 rings (SSSR count). The third kappa shape index (κ3) is 7.88. The van der Waals surface area contributed by atoms with Gasteiger partial charge in [-0.2, -0.15) is 0 Å². The molecule has 0 aliphatic rings. The molecule has 9 heteroatoms. The van der Waals surface area contributed by atoms with Crippen LogP contribution in [0.25, 0.3) is 0 Å². The Morgan fingerprint density at radius 3 is 2.06 bits per heavy atom. The van der Waals surface area contributed by atoms with Gasteiger partial charge in [0, 0.05) is 15.6 Å². The lowest BCUT2D eigenvalue weighted by molar-refractivity contribution is 0.0947. The summed E-state index contributed by atoms with van der Waals surface area (Å²) in [6, 6.07) is 19.3. The summed E-state index contributed by atoms with van der Waals surface area (Å²) < 4.78 is 31.7. The molecule has 0 aromatic heterocycles. The van der Waals surface area contributed by atoms with Gasteiger partial charge in [0.05, 0.1) is 25.0 Å². The van der Waals surface area contributed by atoms with E-state index in [9.17, 15) is 13.2 Å². The van der Waals surface area contributed by atoms with Crippen molar-refractivity contribution >= 4 is 44.8 Å². The molecule has 0 aliphatic carbocycles. The molecule has 0 saturated carbocycles. The monoisotopic (exact) mass is 548 g/mol. The van der Waals surface area contributed by atoms with Crippen LogP contribution >= 0.6 is 23.2 Å². The first-order valence-corrected chi connectivity index (χ1v) is 14.0. The number of nitrogens with zero attached hydrogens (tertiary/aromatic N) is 1. The molecule has 36 heavy (non-hydrogen) atoms. The Morgan fingerprint density at radius 1 is 0.944 bits per heavy atom. The quantitative estimate of drug-likeness (QED) is 0.329. The zero-order valence-corrected chi connectivity index (χ0v) is 23.0. The van der Waals surface area contributed by atoms with Crippen molar-refractivity contribution < 1.29 is 17.9 Å². The number of hydrogen-bond acceptors (Lipinski definition) is 4. The van der Waals surface area contributed by atoms with Crippen molar-refractivity contribution in [2.24, 2.45) is 0 Å². The summed E-state index contributed by atoms with van der Waals surface area (Å²) in [6.45, 7) is 7.22. The molecule has 0 unspecified atom stereocenters. The van der Waals surface area contributed by atoms with E-state index >= 15 is 0 Å². The van der Waals surface area contributed by atoms with E-state index in [1.165, 1.54) is 28.1 Å². The van der Waals surface area contributed by atoms with Gasteiger partial charge in [-0.3, -0.25) is 9.10 Å². The molecule has 0 aliphatic heterocycles. The Kier molecular flexibility index (Phi) is 8.93. The molecule has 1 amide bonds. The molecule has 3 aromatic rings. The lowest BCUT2D eigenvalue weighted by atomic mass is 9.87. The molecule has 1 N–H and O–H groups in total. The maximum absolute atomic E-state index is 12.5. The van der Waals surface area contributed by atoms with Gasteiger partial charge in [-0.25, -0.2) is 8.42 Å². The molecular weight excluding hydrogens is 519 g/mol. The highest BCUT2D eigenvalue weighted by molar-refractivity contribution is 7.92. The van der Waals surface area contributed by atoms with Crippen LogP contribution < -0.4 is 14.4 Å². The summed E-state index contributed by atoms with van der Waals surface area (Å²) in [7, 11) is -3.60. The van der Waals surface area contributed by atoms with Crippen molar-refractivity contribution in [1.82, 2.24) is 5.32 Å². The predicted octanol–water partition coefficient (Wildman–Crippen LogP) is 6.07. The van der Waals surface area contributed by atoms with E-state index in [-0.39, 0.29) is 17.9 Å². The Bertz CT molecular complexity index is 1280. The smallest absolute Gasteiger partial charge is 0.251 e. The van der Waals surface area contributed by atoms with Gasteiger partial charge in [0.1, 0.15) is 12.4 Å². The third-order valence-electron chi connectivity index (χ3n) is 5.45. The van der Waals surface area contributed by atoms with E-state index in [0.29, 0.717) is 40.0 Å². The Balaban J connectivity index is 1.56. The van der Waals surface area contributed by atoms with E-state index in [1.807, 2.05) is 24.3 Å². The van der Waals surface area contributed by atoms with Crippen LogP contribution in [0.3, 0.4) is 0 Å². The summed E-state index contributed by atoms with van der Waals surface area (Å²) in [6.07, 6.45) is 1.12. The van der Waals surface area contributed by atoms with Crippen LogP contribution in [0.2, 0.25) is 10.0 Å². The Morgan fingerprint density at radius 2 is 1.53 bits per heavy atom. The van der Waals surface area contributed by atoms with Crippen molar-refractivity contribution in [1.29, 1.82) is 0 Å². The second kappa shape index (κ2) is 11.5. The van der Waals surface area contributed by atoms with Crippen molar-refractivity contribution in [3.8, 4) is 5.75 Å². The summed E-state index contributed by atoms with van der Waals surface area (Å²) >= 11 is 12.1. The van der Waals surface area contributed by atoms with Crippen molar-refractivity contribution in [2.45, 2.75) is 32.7 Å². The zero-order valence-electron chi connectivity index (χ0n) is 20.7. The molecule has 0 saturated heterocycles. The Labute approximate surface area is 223 Å². The van der Waals surface area contributed by atoms with Crippen molar-refractivity contribution in [3.05, 3.63) is 93.5 Å². The van der Waals surface area contributed by atoms with E-state index in [2.05, 4.69) is 26.1 Å². The number of nitrogens with one attached hydrogen (secondary N) is 1. The molecule has 192 valence electrons. The summed E-state index contributed by atoms with van der Waals surface area (Å²) in [5.74, 6) is 0.507. The maximum Gasteiger partial charge on any atom is 0.251 e. The lowest BCUT2D eigenvalue weighted by Crippen LogP contribution is -2.29. The average Bonchev–Trinajstić information content (AvgIpc) is 2.79. The molecular formula is C27H30Cl2N2O4S. The highest BCUT2D eigenvalue weighted by Crippen LogP contribution is 2.28. The first kappa shape index (κ1) is 27.8. The molecule has 6 nitrogen and oxygen atoms in total. The van der Waals surface area contributed by atoms with Crippen molar-refractivity contribution in [2.75, 3.05) is 23.7 Å². The topological polar surface area (TPSA) is 75.7 Å². The molecule has 0 fully saturated rings. The fourth-order valence-corrected chi connectivity index (χ4v) is 4.88. The van der Waals surface area contributed by atoms with Crippen LogP contribution in [-0.4, -0.2) is 33.7 Å². The number of carbonyl (C=O) groups is 1. The number of ether oxygens (including phenoxy) is 1. The van der Waals surface area contributed by atoms with Crippen LogP contribution in [0, 0.1) is 0 Å². The highest BCUT2D eigenvalue weighted by Gasteiger charge is 2.19. The van der Waals surface area contributed by atoms with Gasteiger partial charge in [0.25, 0.3) is 5.91 Å². The van der Waals surface area contributed by atoms with Crippen LogP contribution in [0.1, 0.15) is 42.3 Å². The van der Waals surface area contributed by atoms with Gasteiger partial charge in [0.15, 0.2) is 0 Å². The third-order valence-corrected chi connectivity index (χ3v) is 7.03. The minimum Gasteiger partial charge on any atom is -0.492 e. The van der Waals surface area contributed by atoms with Gasteiger partial charge >= 0.3 is 0 Å². The predicted molar refractivity (Wildman–Crippen MR) is 147 cm³/mol. The summed E-state index contributed by atoms with van der Waals surface area (Å²) in [5, 5.41) is 3.50. The summed E-state index contributed by atoms with van der Waals surface area (Å²) in [5.41, 5.74) is 2.83. The number of benzene rings is 3. The second-order valence-electron chi connectivity index (χ2n) is 9.47. The van der Waals surface area contributed by atoms with Gasteiger partial charge in [-0.05, 0) is 59.0 Å². The first-order valence-electron chi connectivity index (χ1n) is 11.4. The molecule has 3 aromatic carbocycles. The fourth-order valence-electron chi connectivity index (χ4n) is 3.50. The first-order chi connectivity index (χ1) is 16.8. The molecule has 0 radical (unpaired) electrons. The minimum absolute atomic E-state index is 0.0687. The zero-order chi connectivity index (χ0) is 26.5. The molecule has 0 heterocycles. The molecule has 0 bridgehead atoms. The van der Waals surface area contributed by atoms with Crippen LogP contribution in [0.4, 0.5) is 5.69 Å². The lowest BCUT2D eigenvalue weighted by Gasteiger charge is -2.23. The fraction of sp³-hybridized carbons (Fsp3) is 0.296. The standard InChI is InChI=1S/C27H30Cl2N2O4S/c1-27(2,3)21-9-11-25(12-10-21)35-14-13-30-26(32)20-7-5-19(6-8-20)18-31(36(4,33)34)24-16-22(28)15-23(29)17-24/h5-12,15-17H,13-14,18H2,1-4H3,(H,30,32). The van der Waals surface area contributed by atoms with Crippen LogP contribution in [0.5, 0.6) is 5.75 Å². The minimum atomic E-state index is -3.60. The SMILES string of the molecule is CC(C)(C)c1ccc(OCCNC(=O)c2ccc(CN(c3cc(Cl)cc(Cl)c3)S(C)(=O)=O)cc2)cc1. The highest BCUT2D eigenvalue weighted by atomic mass is 35.5. The number of halogens is 2. The van der Waals surface area contributed by atoms with Gasteiger partial charge in [0.2, 0.25) is 10.0 Å². The van der Waals surface area contributed by atoms with Crippen molar-refractivity contribution in [3.63, 3.8) is 0 Å². The molecule has 0 atom stereocenters. The van der Waals surface area contributed by atoms with Crippen LogP contribution in [0.15, 0.2) is 66.7 Å². The normalized spacial score (nSPS) is 11.7. The molecule has 0 spiro atoms. The van der Waals surface area contributed by atoms with Crippen LogP contribution in [-0.2, 0) is 22.0 Å². The average molecular weight is 550 g/mol. The van der Waals surface area contributed by atoms with E-state index in [1.54, 1.807) is 24.3 Å². The number of sulfonamides is 1. The second-order valence-corrected chi connectivity index (χ2v) is 12.3. The van der Waals surface area contributed by atoms with Gasteiger partial charge in [-0.15, -0.1) is 0 Å². The Hall–Kier alpha value is -2.74. The van der Waals surface area contributed by atoms with E-state index in [0.717, 1.165) is 12.0 Å². The largest absolute Gasteiger partial charge is 0.492 e. The summed E-state index contributed by atoms with van der Waals surface area (Å²) in [4.78, 5) is 12.5. The van der Waals surface area contributed by atoms with Gasteiger partial charge in [-0.1, -0.05) is 68.2 Å². The number of amides is 1. The number of rotatable bonds is 9. The van der Waals surface area contributed by atoms with E-state index in [4.69, 9.17) is 27.9 Å². The number of anilines is 1. The van der Waals surface area contributed by atoms with Gasteiger partial charge < -0.3 is 10.1 Å².